The lowest BCUT2D eigenvalue weighted by Gasteiger charge is -2.24. The van der Waals surface area contributed by atoms with Crippen LogP contribution >= 0.6 is 0 Å². The van der Waals surface area contributed by atoms with E-state index in [-0.39, 0.29) is 10.9 Å². The Balaban J connectivity index is 1.76. The molecule has 0 N–H and O–H groups in total. The summed E-state index contributed by atoms with van der Waals surface area (Å²) in [5, 5.41) is 0.581. The van der Waals surface area contributed by atoms with E-state index >= 15 is 0 Å². The highest BCUT2D eigenvalue weighted by Gasteiger charge is 2.36. The van der Waals surface area contributed by atoms with E-state index in [1.807, 2.05) is 12.1 Å². The molecule has 0 bridgehead atoms. The standard InChI is InChI=1S/C18H16N2O4S/c21-18-8-5-13-11-15(6-7-17(13)24-18)25(22,23)20-10-2-4-16(20)14-3-1-9-19-12-14/h1,3,5-9,11-12,16H,2,4,10H2. The summed E-state index contributed by atoms with van der Waals surface area (Å²) >= 11 is 0. The van der Waals surface area contributed by atoms with Gasteiger partial charge in [0.2, 0.25) is 10.0 Å². The molecular formula is C18H16N2O4S. The van der Waals surface area contributed by atoms with Gasteiger partial charge in [0.25, 0.3) is 0 Å². The van der Waals surface area contributed by atoms with E-state index in [4.69, 9.17) is 4.42 Å². The zero-order valence-electron chi connectivity index (χ0n) is 13.3. The molecule has 1 aromatic carbocycles. The summed E-state index contributed by atoms with van der Waals surface area (Å²) in [4.78, 5) is 15.6. The number of pyridine rings is 1. The molecule has 0 saturated carbocycles. The second kappa shape index (κ2) is 6.09. The first-order valence-electron chi connectivity index (χ1n) is 8.01. The Morgan fingerprint density at radius 1 is 1.16 bits per heavy atom. The first-order valence-corrected chi connectivity index (χ1v) is 9.45. The van der Waals surface area contributed by atoms with Crippen LogP contribution < -0.4 is 5.63 Å². The van der Waals surface area contributed by atoms with E-state index in [1.54, 1.807) is 24.5 Å². The Morgan fingerprint density at radius 2 is 2.04 bits per heavy atom. The number of benzene rings is 1. The molecule has 0 amide bonds. The van der Waals surface area contributed by atoms with Crippen LogP contribution in [-0.4, -0.2) is 24.3 Å². The molecule has 4 rings (SSSR count). The monoisotopic (exact) mass is 356 g/mol. The predicted octanol–water partition coefficient (Wildman–Crippen LogP) is 2.71. The number of nitrogens with zero attached hydrogens (tertiary/aromatic N) is 2. The molecule has 3 aromatic rings. The summed E-state index contributed by atoms with van der Waals surface area (Å²) in [7, 11) is -3.65. The second-order valence-electron chi connectivity index (χ2n) is 6.01. The molecule has 7 heteroatoms. The summed E-state index contributed by atoms with van der Waals surface area (Å²) in [6, 6.07) is 10.9. The average Bonchev–Trinajstić information content (AvgIpc) is 3.12. The zero-order chi connectivity index (χ0) is 17.4. The number of rotatable bonds is 3. The van der Waals surface area contributed by atoms with Crippen LogP contribution in [0.5, 0.6) is 0 Å². The van der Waals surface area contributed by atoms with E-state index in [2.05, 4.69) is 4.98 Å². The molecule has 1 unspecified atom stereocenters. The summed E-state index contributed by atoms with van der Waals surface area (Å²) in [6.07, 6.45) is 4.97. The summed E-state index contributed by atoms with van der Waals surface area (Å²) < 4.78 is 32.9. The number of hydrogen-bond acceptors (Lipinski definition) is 5. The minimum atomic E-state index is -3.65. The van der Waals surface area contributed by atoms with E-state index in [0.29, 0.717) is 17.5 Å². The van der Waals surface area contributed by atoms with Gasteiger partial charge in [-0.05, 0) is 48.7 Å². The molecule has 6 nitrogen and oxygen atoms in total. The molecule has 1 fully saturated rings. The van der Waals surface area contributed by atoms with Gasteiger partial charge in [0, 0.05) is 30.4 Å². The highest BCUT2D eigenvalue weighted by Crippen LogP contribution is 2.36. The molecule has 0 radical (unpaired) electrons. The maximum atomic E-state index is 13.1. The van der Waals surface area contributed by atoms with Crippen LogP contribution in [0.3, 0.4) is 0 Å². The van der Waals surface area contributed by atoms with Crippen LogP contribution in [0.4, 0.5) is 0 Å². The first-order chi connectivity index (χ1) is 12.1. The molecule has 25 heavy (non-hydrogen) atoms. The molecule has 2 aromatic heterocycles. The minimum absolute atomic E-state index is 0.199. The van der Waals surface area contributed by atoms with Crippen molar-refractivity contribution in [1.29, 1.82) is 0 Å². The summed E-state index contributed by atoms with van der Waals surface area (Å²) in [5.74, 6) is 0. The Labute approximate surface area is 144 Å². The Morgan fingerprint density at radius 3 is 2.84 bits per heavy atom. The van der Waals surface area contributed by atoms with E-state index in [1.165, 1.54) is 22.5 Å². The number of hydrogen-bond donors (Lipinski definition) is 0. The normalized spacial score (nSPS) is 18.6. The van der Waals surface area contributed by atoms with Crippen LogP contribution in [0.2, 0.25) is 0 Å². The van der Waals surface area contributed by atoms with Crippen molar-refractivity contribution in [2.45, 2.75) is 23.8 Å². The van der Waals surface area contributed by atoms with Crippen LogP contribution in [-0.2, 0) is 10.0 Å². The SMILES string of the molecule is O=c1ccc2cc(S(=O)(=O)N3CCCC3c3cccnc3)ccc2o1. The molecule has 1 atom stereocenters. The molecule has 128 valence electrons. The van der Waals surface area contributed by atoms with Gasteiger partial charge in [0.15, 0.2) is 0 Å². The maximum Gasteiger partial charge on any atom is 0.336 e. The molecule has 0 spiro atoms. The van der Waals surface area contributed by atoms with Crippen molar-refractivity contribution in [1.82, 2.24) is 9.29 Å². The third-order valence-corrected chi connectivity index (χ3v) is 6.37. The largest absolute Gasteiger partial charge is 0.423 e. The Kier molecular flexibility index (Phi) is 3.89. The highest BCUT2D eigenvalue weighted by atomic mass is 32.2. The van der Waals surface area contributed by atoms with Gasteiger partial charge in [-0.25, -0.2) is 13.2 Å². The molecule has 3 heterocycles. The van der Waals surface area contributed by atoms with E-state index in [9.17, 15) is 13.2 Å². The van der Waals surface area contributed by atoms with Gasteiger partial charge in [-0.2, -0.15) is 4.31 Å². The summed E-state index contributed by atoms with van der Waals surface area (Å²) in [6.45, 7) is 0.476. The summed E-state index contributed by atoms with van der Waals surface area (Å²) in [5.41, 5.74) is 0.811. The van der Waals surface area contributed by atoms with Gasteiger partial charge < -0.3 is 4.42 Å². The second-order valence-corrected chi connectivity index (χ2v) is 7.90. The average molecular weight is 356 g/mol. The maximum absolute atomic E-state index is 13.1. The van der Waals surface area contributed by atoms with Crippen molar-refractivity contribution in [3.8, 4) is 0 Å². The van der Waals surface area contributed by atoms with Gasteiger partial charge in [-0.1, -0.05) is 6.07 Å². The molecule has 1 saturated heterocycles. The van der Waals surface area contributed by atoms with Crippen LogP contribution in [0.25, 0.3) is 11.0 Å². The predicted molar refractivity (Wildman–Crippen MR) is 92.6 cm³/mol. The van der Waals surface area contributed by atoms with Gasteiger partial charge in [-0.15, -0.1) is 0 Å². The van der Waals surface area contributed by atoms with Crippen molar-refractivity contribution >= 4 is 21.0 Å². The Bertz CT molecular complexity index is 1080. The number of fused-ring (bicyclic) bond motifs is 1. The van der Waals surface area contributed by atoms with Crippen LogP contribution in [0, 0.1) is 0 Å². The van der Waals surface area contributed by atoms with Crippen molar-refractivity contribution < 1.29 is 12.8 Å². The minimum Gasteiger partial charge on any atom is -0.423 e. The quantitative estimate of drug-likeness (QED) is 0.674. The lowest BCUT2D eigenvalue weighted by Crippen LogP contribution is -2.30. The fraction of sp³-hybridized carbons (Fsp3) is 0.222. The Hall–Kier alpha value is -2.51. The number of sulfonamides is 1. The van der Waals surface area contributed by atoms with Crippen LogP contribution in [0.1, 0.15) is 24.4 Å². The fourth-order valence-electron chi connectivity index (χ4n) is 3.28. The lowest BCUT2D eigenvalue weighted by atomic mass is 10.1. The van der Waals surface area contributed by atoms with Gasteiger partial charge in [-0.3, -0.25) is 4.98 Å². The molecule has 0 aliphatic carbocycles. The lowest BCUT2D eigenvalue weighted by molar-refractivity contribution is 0.396. The van der Waals surface area contributed by atoms with E-state index in [0.717, 1.165) is 18.4 Å². The smallest absolute Gasteiger partial charge is 0.336 e. The molecule has 1 aliphatic rings. The van der Waals surface area contributed by atoms with Crippen molar-refractivity contribution in [3.05, 3.63) is 70.8 Å². The number of aromatic nitrogens is 1. The topological polar surface area (TPSA) is 80.5 Å². The molecule has 1 aliphatic heterocycles. The van der Waals surface area contributed by atoms with Crippen molar-refractivity contribution in [2.75, 3.05) is 6.54 Å². The third kappa shape index (κ3) is 2.85. The van der Waals surface area contributed by atoms with Gasteiger partial charge >= 0.3 is 5.63 Å². The molecular weight excluding hydrogens is 340 g/mol. The van der Waals surface area contributed by atoms with Gasteiger partial charge in [0.05, 0.1) is 10.9 Å². The third-order valence-electron chi connectivity index (χ3n) is 4.47. The highest BCUT2D eigenvalue weighted by molar-refractivity contribution is 7.89. The zero-order valence-corrected chi connectivity index (χ0v) is 14.1. The fourth-order valence-corrected chi connectivity index (χ4v) is 5.00. The first kappa shape index (κ1) is 16.0. The van der Waals surface area contributed by atoms with E-state index < -0.39 is 15.6 Å². The van der Waals surface area contributed by atoms with Crippen molar-refractivity contribution in [3.63, 3.8) is 0 Å². The van der Waals surface area contributed by atoms with Crippen LogP contribution in [0.15, 0.2) is 69.0 Å². The van der Waals surface area contributed by atoms with Gasteiger partial charge in [0.1, 0.15) is 5.58 Å². The van der Waals surface area contributed by atoms with Crippen molar-refractivity contribution in [2.24, 2.45) is 0 Å².